The molecule has 1 heterocycles. The molecule has 0 spiro atoms. The first kappa shape index (κ1) is 18.7. The Labute approximate surface area is 142 Å². The van der Waals surface area contributed by atoms with Crippen LogP contribution in [0.1, 0.15) is 6.92 Å². The van der Waals surface area contributed by atoms with Crippen LogP contribution in [0.3, 0.4) is 0 Å². The third-order valence-corrected chi connectivity index (χ3v) is 5.07. The molecule has 24 heavy (non-hydrogen) atoms. The molecule has 0 atom stereocenters. The van der Waals surface area contributed by atoms with Gasteiger partial charge in [-0.25, -0.2) is 13.1 Å². The lowest BCUT2D eigenvalue weighted by molar-refractivity contribution is -0.114. The molecular weight excluding hydrogens is 334 g/mol. The number of sulfonamides is 1. The molecule has 1 saturated heterocycles. The second-order valence-corrected chi connectivity index (χ2v) is 7.16. The molecule has 1 aliphatic heterocycles. The molecule has 1 aromatic carbocycles. The number of ether oxygens (including phenoxy) is 2. The fourth-order valence-electron chi connectivity index (χ4n) is 2.39. The van der Waals surface area contributed by atoms with Crippen molar-refractivity contribution in [2.24, 2.45) is 0 Å². The summed E-state index contributed by atoms with van der Waals surface area (Å²) in [7, 11) is -2.21. The van der Waals surface area contributed by atoms with Crippen LogP contribution in [-0.4, -0.2) is 65.7 Å². The maximum Gasteiger partial charge on any atom is 0.240 e. The number of benzene rings is 1. The van der Waals surface area contributed by atoms with E-state index in [2.05, 4.69) is 14.9 Å². The number of methoxy groups -OCH3 is 1. The lowest BCUT2D eigenvalue weighted by atomic mass is 10.3. The number of amides is 1. The predicted molar refractivity (Wildman–Crippen MR) is 89.7 cm³/mol. The van der Waals surface area contributed by atoms with Crippen molar-refractivity contribution in [1.82, 2.24) is 9.62 Å². The van der Waals surface area contributed by atoms with Crippen LogP contribution in [0.25, 0.3) is 0 Å². The van der Waals surface area contributed by atoms with Crippen LogP contribution in [0.4, 0.5) is 5.69 Å². The van der Waals surface area contributed by atoms with Gasteiger partial charge in [0.25, 0.3) is 0 Å². The normalized spacial score (nSPS) is 15.9. The number of anilines is 1. The number of morpholine rings is 1. The van der Waals surface area contributed by atoms with Crippen molar-refractivity contribution in [2.45, 2.75) is 11.8 Å². The van der Waals surface area contributed by atoms with Gasteiger partial charge in [0.05, 0.1) is 30.9 Å². The molecule has 2 N–H and O–H groups in total. The molecule has 8 nitrogen and oxygen atoms in total. The number of hydrogen-bond donors (Lipinski definition) is 2. The Morgan fingerprint density at radius 2 is 2.04 bits per heavy atom. The number of nitrogens with zero attached hydrogens (tertiary/aromatic N) is 1. The minimum absolute atomic E-state index is 0.0778. The zero-order valence-electron chi connectivity index (χ0n) is 13.9. The van der Waals surface area contributed by atoms with Crippen molar-refractivity contribution in [3.63, 3.8) is 0 Å². The van der Waals surface area contributed by atoms with E-state index in [1.807, 2.05) is 0 Å². The number of carbonyl (C=O) groups excluding carboxylic acids is 1. The number of nitrogens with one attached hydrogen (secondary N) is 2. The average molecular weight is 357 g/mol. The van der Waals surface area contributed by atoms with Gasteiger partial charge < -0.3 is 14.8 Å². The second kappa shape index (κ2) is 8.43. The van der Waals surface area contributed by atoms with Gasteiger partial charge in [-0.3, -0.25) is 9.69 Å². The monoisotopic (exact) mass is 357 g/mol. The Bertz CT molecular complexity index is 672. The Balaban J connectivity index is 2.03. The van der Waals surface area contributed by atoms with Gasteiger partial charge in [0.15, 0.2) is 0 Å². The van der Waals surface area contributed by atoms with Gasteiger partial charge in [-0.2, -0.15) is 0 Å². The summed E-state index contributed by atoms with van der Waals surface area (Å²) in [5.41, 5.74) is 0.320. The molecular formula is C15H23N3O5S. The van der Waals surface area contributed by atoms with Gasteiger partial charge in [0, 0.05) is 33.1 Å². The second-order valence-electron chi connectivity index (χ2n) is 5.40. The predicted octanol–water partition coefficient (Wildman–Crippen LogP) is 0.264. The van der Waals surface area contributed by atoms with Crippen molar-refractivity contribution in [3.8, 4) is 5.75 Å². The van der Waals surface area contributed by atoms with E-state index < -0.39 is 10.0 Å². The van der Waals surface area contributed by atoms with E-state index in [1.165, 1.54) is 32.2 Å². The number of rotatable bonds is 7. The zero-order valence-corrected chi connectivity index (χ0v) is 14.7. The molecule has 0 unspecified atom stereocenters. The standard InChI is InChI=1S/C15H23N3O5S/c1-12(19)17-14-11-13(3-4-15(14)22-2)24(20,21)16-5-6-18-7-9-23-10-8-18/h3-4,11,16H,5-10H2,1-2H3,(H,17,19). The van der Waals surface area contributed by atoms with Gasteiger partial charge in [0.2, 0.25) is 15.9 Å². The van der Waals surface area contributed by atoms with E-state index in [-0.39, 0.29) is 10.8 Å². The summed E-state index contributed by atoms with van der Waals surface area (Å²) >= 11 is 0. The van der Waals surface area contributed by atoms with Crippen LogP contribution >= 0.6 is 0 Å². The summed E-state index contributed by atoms with van der Waals surface area (Å²) in [5, 5.41) is 2.57. The van der Waals surface area contributed by atoms with Crippen molar-refractivity contribution in [3.05, 3.63) is 18.2 Å². The van der Waals surface area contributed by atoms with Crippen molar-refractivity contribution >= 4 is 21.6 Å². The molecule has 9 heteroatoms. The summed E-state index contributed by atoms with van der Waals surface area (Å²) in [6, 6.07) is 4.35. The third-order valence-electron chi connectivity index (χ3n) is 3.62. The first-order valence-electron chi connectivity index (χ1n) is 7.68. The number of carbonyl (C=O) groups is 1. The van der Waals surface area contributed by atoms with Crippen LogP contribution < -0.4 is 14.8 Å². The minimum Gasteiger partial charge on any atom is -0.495 e. The highest BCUT2D eigenvalue weighted by Gasteiger charge is 2.18. The van der Waals surface area contributed by atoms with Gasteiger partial charge in [0.1, 0.15) is 5.75 Å². The molecule has 2 rings (SSSR count). The molecule has 0 aliphatic carbocycles. The molecule has 0 aromatic heterocycles. The fraction of sp³-hybridized carbons (Fsp3) is 0.533. The zero-order chi connectivity index (χ0) is 17.6. The lowest BCUT2D eigenvalue weighted by Crippen LogP contribution is -2.41. The largest absolute Gasteiger partial charge is 0.495 e. The molecule has 0 radical (unpaired) electrons. The number of hydrogen-bond acceptors (Lipinski definition) is 6. The van der Waals surface area contributed by atoms with E-state index in [0.29, 0.717) is 37.7 Å². The van der Waals surface area contributed by atoms with E-state index in [9.17, 15) is 13.2 Å². The van der Waals surface area contributed by atoms with Gasteiger partial charge in [-0.05, 0) is 18.2 Å². The van der Waals surface area contributed by atoms with E-state index in [1.54, 1.807) is 0 Å². The maximum absolute atomic E-state index is 12.4. The summed E-state index contributed by atoms with van der Waals surface area (Å²) in [6.07, 6.45) is 0. The smallest absolute Gasteiger partial charge is 0.240 e. The van der Waals surface area contributed by atoms with Crippen molar-refractivity contribution in [1.29, 1.82) is 0 Å². The summed E-state index contributed by atoms with van der Waals surface area (Å²) in [4.78, 5) is 13.5. The van der Waals surface area contributed by atoms with E-state index in [4.69, 9.17) is 9.47 Å². The Kier molecular flexibility index (Phi) is 6.55. The minimum atomic E-state index is -3.66. The summed E-state index contributed by atoms with van der Waals surface area (Å²) < 4.78 is 37.8. The highest BCUT2D eigenvalue weighted by Crippen LogP contribution is 2.27. The van der Waals surface area contributed by atoms with Crippen LogP contribution in [0.5, 0.6) is 5.75 Å². The Hall–Kier alpha value is -1.68. The van der Waals surface area contributed by atoms with Crippen molar-refractivity contribution < 1.29 is 22.7 Å². The van der Waals surface area contributed by atoms with Gasteiger partial charge in [-0.1, -0.05) is 0 Å². The molecule has 1 aliphatic rings. The SMILES string of the molecule is COc1ccc(S(=O)(=O)NCCN2CCOCC2)cc1NC(C)=O. The maximum atomic E-state index is 12.4. The van der Waals surface area contributed by atoms with E-state index in [0.717, 1.165) is 13.1 Å². The molecule has 0 bridgehead atoms. The van der Waals surface area contributed by atoms with Gasteiger partial charge >= 0.3 is 0 Å². The average Bonchev–Trinajstić information content (AvgIpc) is 2.55. The molecule has 1 fully saturated rings. The van der Waals surface area contributed by atoms with E-state index >= 15 is 0 Å². The van der Waals surface area contributed by atoms with Crippen LogP contribution in [-0.2, 0) is 19.6 Å². The Morgan fingerprint density at radius 1 is 1.33 bits per heavy atom. The lowest BCUT2D eigenvalue weighted by Gasteiger charge is -2.26. The van der Waals surface area contributed by atoms with Crippen LogP contribution in [0, 0.1) is 0 Å². The molecule has 1 amide bonds. The van der Waals surface area contributed by atoms with Crippen LogP contribution in [0.15, 0.2) is 23.1 Å². The third kappa shape index (κ3) is 5.17. The summed E-state index contributed by atoms with van der Waals surface area (Å²) in [6.45, 7) is 5.23. The first-order valence-corrected chi connectivity index (χ1v) is 9.16. The Morgan fingerprint density at radius 3 is 2.67 bits per heavy atom. The molecule has 134 valence electrons. The highest BCUT2D eigenvalue weighted by atomic mass is 32.2. The quantitative estimate of drug-likeness (QED) is 0.727. The molecule has 0 saturated carbocycles. The highest BCUT2D eigenvalue weighted by molar-refractivity contribution is 7.89. The first-order chi connectivity index (χ1) is 11.4. The van der Waals surface area contributed by atoms with Crippen LogP contribution in [0.2, 0.25) is 0 Å². The van der Waals surface area contributed by atoms with Crippen molar-refractivity contribution in [2.75, 3.05) is 51.8 Å². The molecule has 1 aromatic rings. The van der Waals surface area contributed by atoms with Gasteiger partial charge in [-0.15, -0.1) is 0 Å². The fourth-order valence-corrected chi connectivity index (χ4v) is 3.43. The topological polar surface area (TPSA) is 97.0 Å². The summed E-state index contributed by atoms with van der Waals surface area (Å²) in [5.74, 6) is 0.0978.